The maximum atomic E-state index is 9.69. The first-order valence-corrected chi connectivity index (χ1v) is 8.13. The highest BCUT2D eigenvalue weighted by molar-refractivity contribution is 5.83. The normalized spacial score (nSPS) is 13.5. The van der Waals surface area contributed by atoms with Crippen LogP contribution >= 0.6 is 0 Å². The van der Waals surface area contributed by atoms with Crippen molar-refractivity contribution in [3.63, 3.8) is 0 Å². The number of benzene rings is 1. The molecule has 0 radical (unpaired) electrons. The number of rotatable bonds is 6. The van der Waals surface area contributed by atoms with Crippen LogP contribution in [0.4, 0.5) is 11.8 Å². The van der Waals surface area contributed by atoms with E-state index in [0.717, 1.165) is 5.56 Å². The Hall–Kier alpha value is -3.14. The SMILES string of the molecule is CC(O)CNc1nc(NC(C)c2ccc(O)c(O)c2)c2nnn(C)c2n1. The summed E-state index contributed by atoms with van der Waals surface area (Å²) < 4.78 is 1.53. The Labute approximate surface area is 149 Å². The van der Waals surface area contributed by atoms with E-state index in [0.29, 0.717) is 29.5 Å². The molecule has 0 fully saturated rings. The van der Waals surface area contributed by atoms with Crippen LogP contribution in [0.25, 0.3) is 11.2 Å². The number of aromatic nitrogens is 5. The minimum absolute atomic E-state index is 0.177. The van der Waals surface area contributed by atoms with Gasteiger partial charge in [0.15, 0.2) is 28.5 Å². The lowest BCUT2D eigenvalue weighted by Crippen LogP contribution is -2.18. The summed E-state index contributed by atoms with van der Waals surface area (Å²) >= 11 is 0. The number of nitrogens with zero attached hydrogens (tertiary/aromatic N) is 5. The summed E-state index contributed by atoms with van der Waals surface area (Å²) in [5.41, 5.74) is 1.80. The van der Waals surface area contributed by atoms with E-state index in [2.05, 4.69) is 30.9 Å². The molecule has 5 N–H and O–H groups in total. The predicted molar refractivity (Wildman–Crippen MR) is 96.1 cm³/mol. The molecule has 0 saturated carbocycles. The highest BCUT2D eigenvalue weighted by Gasteiger charge is 2.16. The Morgan fingerprint density at radius 1 is 1.15 bits per heavy atom. The average Bonchev–Trinajstić information content (AvgIpc) is 2.97. The van der Waals surface area contributed by atoms with Gasteiger partial charge in [-0.05, 0) is 31.5 Å². The molecule has 3 rings (SSSR count). The fourth-order valence-corrected chi connectivity index (χ4v) is 2.43. The van der Waals surface area contributed by atoms with Gasteiger partial charge in [0.2, 0.25) is 5.95 Å². The third-order valence-corrected chi connectivity index (χ3v) is 3.86. The number of aryl methyl sites for hydroxylation is 1. The van der Waals surface area contributed by atoms with Gasteiger partial charge < -0.3 is 26.0 Å². The van der Waals surface area contributed by atoms with Crippen molar-refractivity contribution in [3.8, 4) is 11.5 Å². The Morgan fingerprint density at radius 3 is 2.62 bits per heavy atom. The minimum Gasteiger partial charge on any atom is -0.504 e. The lowest BCUT2D eigenvalue weighted by Gasteiger charge is -2.16. The number of aliphatic hydroxyl groups excluding tert-OH is 1. The molecule has 26 heavy (non-hydrogen) atoms. The molecule has 0 saturated heterocycles. The number of phenolic OH excluding ortho intramolecular Hbond substituents is 2. The van der Waals surface area contributed by atoms with Crippen molar-refractivity contribution in [2.75, 3.05) is 17.2 Å². The number of anilines is 2. The highest BCUT2D eigenvalue weighted by Crippen LogP contribution is 2.30. The minimum atomic E-state index is -0.547. The topological polar surface area (TPSA) is 141 Å². The van der Waals surface area contributed by atoms with Gasteiger partial charge >= 0.3 is 0 Å². The molecular formula is C16H21N7O3. The van der Waals surface area contributed by atoms with E-state index < -0.39 is 6.10 Å². The van der Waals surface area contributed by atoms with Crippen molar-refractivity contribution >= 4 is 22.9 Å². The number of aliphatic hydroxyl groups is 1. The van der Waals surface area contributed by atoms with Gasteiger partial charge in [0.25, 0.3) is 0 Å². The molecule has 2 unspecified atom stereocenters. The van der Waals surface area contributed by atoms with E-state index in [4.69, 9.17) is 0 Å². The quantitative estimate of drug-likeness (QED) is 0.409. The summed E-state index contributed by atoms with van der Waals surface area (Å²) in [6.45, 7) is 3.85. The molecule has 2 aromatic heterocycles. The lowest BCUT2D eigenvalue weighted by molar-refractivity contribution is 0.208. The Bertz CT molecular complexity index is 926. The highest BCUT2D eigenvalue weighted by atomic mass is 16.3. The Balaban J connectivity index is 1.93. The van der Waals surface area contributed by atoms with Gasteiger partial charge in [0.05, 0.1) is 12.1 Å². The molecule has 10 heteroatoms. The Kier molecular flexibility index (Phi) is 4.76. The number of fused-ring (bicyclic) bond motifs is 1. The molecule has 0 aliphatic carbocycles. The van der Waals surface area contributed by atoms with Crippen molar-refractivity contribution in [1.29, 1.82) is 0 Å². The molecule has 2 heterocycles. The van der Waals surface area contributed by atoms with Crippen LogP contribution in [0.1, 0.15) is 25.5 Å². The molecule has 10 nitrogen and oxygen atoms in total. The van der Waals surface area contributed by atoms with Crippen LogP contribution in [0, 0.1) is 0 Å². The standard InChI is InChI=1S/C16H21N7O3/c1-8(24)7-17-16-19-14(13-15(20-16)23(3)22-21-13)18-9(2)10-4-5-11(25)12(26)6-10/h4-6,8-9,24-26H,7H2,1-3H3,(H2,17,18,19,20). The van der Waals surface area contributed by atoms with E-state index in [-0.39, 0.29) is 17.5 Å². The van der Waals surface area contributed by atoms with Gasteiger partial charge in [-0.2, -0.15) is 9.97 Å². The van der Waals surface area contributed by atoms with E-state index >= 15 is 0 Å². The molecule has 138 valence electrons. The monoisotopic (exact) mass is 359 g/mol. The van der Waals surface area contributed by atoms with Gasteiger partial charge in [0.1, 0.15) is 0 Å². The molecular weight excluding hydrogens is 338 g/mol. The number of phenols is 2. The second kappa shape index (κ2) is 7.00. The zero-order valence-electron chi connectivity index (χ0n) is 14.7. The van der Waals surface area contributed by atoms with Crippen LogP contribution in [0.2, 0.25) is 0 Å². The maximum absolute atomic E-state index is 9.69. The summed E-state index contributed by atoms with van der Waals surface area (Å²) in [5, 5.41) is 42.9. The number of nitrogens with one attached hydrogen (secondary N) is 2. The molecule has 2 atom stereocenters. The maximum Gasteiger partial charge on any atom is 0.226 e. The fraction of sp³-hybridized carbons (Fsp3) is 0.375. The molecule has 0 spiro atoms. The van der Waals surface area contributed by atoms with Gasteiger partial charge in [-0.3, -0.25) is 0 Å². The third kappa shape index (κ3) is 3.59. The number of hydrogen-bond donors (Lipinski definition) is 5. The van der Waals surface area contributed by atoms with E-state index in [9.17, 15) is 15.3 Å². The van der Waals surface area contributed by atoms with Crippen molar-refractivity contribution in [1.82, 2.24) is 25.0 Å². The van der Waals surface area contributed by atoms with Gasteiger partial charge in [-0.1, -0.05) is 11.3 Å². The second-order valence-corrected chi connectivity index (χ2v) is 6.13. The van der Waals surface area contributed by atoms with Gasteiger partial charge in [-0.15, -0.1) is 5.10 Å². The lowest BCUT2D eigenvalue weighted by atomic mass is 10.1. The van der Waals surface area contributed by atoms with E-state index in [1.54, 1.807) is 20.0 Å². The first kappa shape index (κ1) is 17.7. The Morgan fingerprint density at radius 2 is 1.92 bits per heavy atom. The fourth-order valence-electron chi connectivity index (χ4n) is 2.43. The van der Waals surface area contributed by atoms with Crippen LogP contribution in [-0.2, 0) is 7.05 Å². The van der Waals surface area contributed by atoms with E-state index in [1.165, 1.54) is 16.8 Å². The first-order chi connectivity index (χ1) is 12.3. The summed E-state index contributed by atoms with van der Waals surface area (Å²) in [4.78, 5) is 8.78. The van der Waals surface area contributed by atoms with Crippen LogP contribution in [0.5, 0.6) is 11.5 Å². The summed E-state index contributed by atoms with van der Waals surface area (Å²) in [7, 11) is 1.73. The van der Waals surface area contributed by atoms with Crippen molar-refractivity contribution < 1.29 is 15.3 Å². The molecule has 0 aliphatic rings. The molecule has 0 amide bonds. The zero-order chi connectivity index (χ0) is 18.8. The van der Waals surface area contributed by atoms with Gasteiger partial charge in [-0.25, -0.2) is 4.68 Å². The molecule has 0 bridgehead atoms. The smallest absolute Gasteiger partial charge is 0.226 e. The summed E-state index contributed by atoms with van der Waals surface area (Å²) in [5.74, 6) is 0.440. The largest absolute Gasteiger partial charge is 0.504 e. The summed E-state index contributed by atoms with van der Waals surface area (Å²) in [6, 6.07) is 4.38. The molecule has 3 aromatic rings. The molecule has 1 aromatic carbocycles. The number of hydrogen-bond acceptors (Lipinski definition) is 9. The predicted octanol–water partition coefficient (Wildman–Crippen LogP) is 1.14. The van der Waals surface area contributed by atoms with Crippen LogP contribution in [0.3, 0.4) is 0 Å². The van der Waals surface area contributed by atoms with Crippen LogP contribution < -0.4 is 10.6 Å². The van der Waals surface area contributed by atoms with Crippen LogP contribution in [0.15, 0.2) is 18.2 Å². The van der Waals surface area contributed by atoms with Gasteiger partial charge in [0, 0.05) is 13.6 Å². The second-order valence-electron chi connectivity index (χ2n) is 6.13. The first-order valence-electron chi connectivity index (χ1n) is 8.13. The van der Waals surface area contributed by atoms with Crippen molar-refractivity contribution in [2.24, 2.45) is 7.05 Å². The van der Waals surface area contributed by atoms with Crippen LogP contribution in [-0.4, -0.2) is 52.9 Å². The summed E-state index contributed by atoms with van der Waals surface area (Å²) in [6.07, 6.45) is -0.547. The zero-order valence-corrected chi connectivity index (χ0v) is 14.7. The number of aromatic hydroxyl groups is 2. The van der Waals surface area contributed by atoms with Crippen molar-refractivity contribution in [3.05, 3.63) is 23.8 Å². The average molecular weight is 359 g/mol. The van der Waals surface area contributed by atoms with E-state index in [1.807, 2.05) is 6.92 Å². The molecule has 0 aliphatic heterocycles. The van der Waals surface area contributed by atoms with Crippen molar-refractivity contribution in [2.45, 2.75) is 26.0 Å². The third-order valence-electron chi connectivity index (χ3n) is 3.86.